The Kier molecular flexibility index (Phi) is 8.08. The largest absolute Gasteiger partial charge is 0.396 e. The van der Waals surface area contributed by atoms with Crippen molar-refractivity contribution in [3.05, 3.63) is 70.2 Å². The Balaban J connectivity index is 1.84. The minimum atomic E-state index is -0.184. The molecule has 2 N–H and O–H groups in total. The van der Waals surface area contributed by atoms with Gasteiger partial charge in [-0.2, -0.15) is 0 Å². The Labute approximate surface area is 195 Å². The van der Waals surface area contributed by atoms with E-state index in [2.05, 4.69) is 75.8 Å². The molecule has 0 heterocycles. The first-order valence-electron chi connectivity index (χ1n) is 11.3. The second-order valence-corrected chi connectivity index (χ2v) is 10.7. The van der Waals surface area contributed by atoms with Crippen molar-refractivity contribution in [2.24, 2.45) is 0 Å². The van der Waals surface area contributed by atoms with Crippen molar-refractivity contribution in [3.63, 3.8) is 0 Å². The summed E-state index contributed by atoms with van der Waals surface area (Å²) in [6.45, 7) is 0.0746. The minimum Gasteiger partial charge on any atom is -0.396 e. The van der Waals surface area contributed by atoms with Gasteiger partial charge in [-0.3, -0.25) is 4.48 Å². The SMILES string of the molecule is C[N+](C)(C)C(=O)C[C@@H](CCO)NC1(c2ccc(Br)cc2)CCC(c2ccccc2)CC1. The molecular formula is C26H36BrN2O2+. The van der Waals surface area contributed by atoms with E-state index in [-0.39, 0.29) is 24.1 Å². The molecule has 0 unspecified atom stereocenters. The lowest BCUT2D eigenvalue weighted by Crippen LogP contribution is -2.53. The smallest absolute Gasteiger partial charge is 0.314 e. The summed E-state index contributed by atoms with van der Waals surface area (Å²) in [5.74, 6) is 0.741. The lowest BCUT2D eigenvalue weighted by molar-refractivity contribution is -0.792. The van der Waals surface area contributed by atoms with Crippen LogP contribution in [0.15, 0.2) is 59.1 Å². The standard InChI is InChI=1S/C26H36BrN2O2/c1-29(2,3)25(31)19-24(15-18-30)28-26(22-9-11-23(27)12-10-22)16-13-21(14-17-26)20-7-5-4-6-8-20/h4-12,21,24,28,30H,13-19H2,1-3H3/q+1/t21?,24-,26?/m1/s1. The number of carbonyl (C=O) groups is 1. The van der Waals surface area contributed by atoms with E-state index in [4.69, 9.17) is 0 Å². The zero-order valence-electron chi connectivity index (χ0n) is 19.0. The molecule has 5 heteroatoms. The van der Waals surface area contributed by atoms with Gasteiger partial charge in [-0.1, -0.05) is 58.4 Å². The van der Waals surface area contributed by atoms with Gasteiger partial charge < -0.3 is 10.4 Å². The van der Waals surface area contributed by atoms with Crippen molar-refractivity contribution in [2.45, 2.75) is 56.0 Å². The first kappa shape index (κ1) is 24.1. The average Bonchev–Trinajstić information content (AvgIpc) is 2.75. The van der Waals surface area contributed by atoms with Crippen molar-refractivity contribution in [1.82, 2.24) is 5.32 Å². The number of hydrogen-bond donors (Lipinski definition) is 2. The summed E-state index contributed by atoms with van der Waals surface area (Å²) in [5, 5.41) is 13.6. The zero-order valence-corrected chi connectivity index (χ0v) is 20.6. The second-order valence-electron chi connectivity index (χ2n) is 9.74. The van der Waals surface area contributed by atoms with Gasteiger partial charge >= 0.3 is 5.91 Å². The molecule has 4 nitrogen and oxygen atoms in total. The molecular weight excluding hydrogens is 452 g/mol. The number of benzene rings is 2. The van der Waals surface area contributed by atoms with Crippen molar-refractivity contribution in [3.8, 4) is 0 Å². The Bertz CT molecular complexity index is 838. The Morgan fingerprint density at radius 3 is 2.26 bits per heavy atom. The highest BCUT2D eigenvalue weighted by Gasteiger charge is 2.39. The number of aliphatic hydroxyl groups excluding tert-OH is 1. The second kappa shape index (κ2) is 10.4. The summed E-state index contributed by atoms with van der Waals surface area (Å²) >= 11 is 3.56. The molecule has 0 aliphatic heterocycles. The van der Waals surface area contributed by atoms with Crippen molar-refractivity contribution < 1.29 is 14.4 Å². The molecule has 3 rings (SSSR count). The molecule has 31 heavy (non-hydrogen) atoms. The fourth-order valence-electron chi connectivity index (χ4n) is 4.71. The molecule has 0 saturated heterocycles. The summed E-state index contributed by atoms with van der Waals surface area (Å²) in [5.41, 5.74) is 2.50. The van der Waals surface area contributed by atoms with E-state index in [0.29, 0.717) is 23.2 Å². The molecule has 1 fully saturated rings. The molecule has 1 aliphatic rings. The van der Waals surface area contributed by atoms with Gasteiger partial charge in [-0.05, 0) is 61.3 Å². The third-order valence-electron chi connectivity index (χ3n) is 6.63. The summed E-state index contributed by atoms with van der Waals surface area (Å²) in [6, 6.07) is 19.3. The van der Waals surface area contributed by atoms with Crippen LogP contribution in [0.4, 0.5) is 0 Å². The van der Waals surface area contributed by atoms with E-state index >= 15 is 0 Å². The quantitative estimate of drug-likeness (QED) is 0.517. The van der Waals surface area contributed by atoms with Crippen LogP contribution in [0.3, 0.4) is 0 Å². The van der Waals surface area contributed by atoms with Crippen LogP contribution in [0, 0.1) is 0 Å². The zero-order chi connectivity index (χ0) is 22.5. The van der Waals surface area contributed by atoms with Gasteiger partial charge in [0.1, 0.15) is 0 Å². The number of amides is 1. The molecule has 2 aromatic rings. The van der Waals surface area contributed by atoms with Crippen LogP contribution in [0.25, 0.3) is 0 Å². The van der Waals surface area contributed by atoms with Gasteiger partial charge in [0, 0.05) is 22.7 Å². The van der Waals surface area contributed by atoms with Crippen LogP contribution in [0.5, 0.6) is 0 Å². The first-order chi connectivity index (χ1) is 14.7. The first-order valence-corrected chi connectivity index (χ1v) is 12.1. The van der Waals surface area contributed by atoms with Gasteiger partial charge in [0.15, 0.2) is 0 Å². The third kappa shape index (κ3) is 6.26. The van der Waals surface area contributed by atoms with Crippen LogP contribution < -0.4 is 5.32 Å². The maximum absolute atomic E-state index is 12.8. The highest BCUT2D eigenvalue weighted by atomic mass is 79.9. The molecule has 0 bridgehead atoms. The Morgan fingerprint density at radius 1 is 1.10 bits per heavy atom. The van der Waals surface area contributed by atoms with Crippen LogP contribution in [-0.2, 0) is 10.3 Å². The number of halogens is 1. The van der Waals surface area contributed by atoms with Crippen LogP contribution in [0.1, 0.15) is 55.6 Å². The highest BCUT2D eigenvalue weighted by molar-refractivity contribution is 9.10. The van der Waals surface area contributed by atoms with Crippen LogP contribution in [-0.4, -0.2) is 49.3 Å². The number of rotatable bonds is 8. The lowest BCUT2D eigenvalue weighted by atomic mass is 9.70. The number of hydrogen-bond acceptors (Lipinski definition) is 3. The van der Waals surface area contributed by atoms with Gasteiger partial charge in [0.2, 0.25) is 0 Å². The normalized spacial score (nSPS) is 22.8. The van der Waals surface area contributed by atoms with Crippen LogP contribution >= 0.6 is 15.9 Å². The summed E-state index contributed by atoms with van der Waals surface area (Å²) in [7, 11) is 5.73. The van der Waals surface area contributed by atoms with Crippen molar-refractivity contribution >= 4 is 21.8 Å². The molecule has 168 valence electrons. The van der Waals surface area contributed by atoms with Gasteiger partial charge in [0.25, 0.3) is 0 Å². The predicted octanol–water partition coefficient (Wildman–Crippen LogP) is 4.97. The molecule has 1 amide bonds. The number of aliphatic hydroxyl groups is 1. The van der Waals surface area contributed by atoms with Crippen molar-refractivity contribution in [2.75, 3.05) is 27.7 Å². The number of carbonyl (C=O) groups excluding carboxylic acids is 1. The maximum atomic E-state index is 12.8. The van der Waals surface area contributed by atoms with E-state index in [9.17, 15) is 9.90 Å². The fraction of sp³-hybridized carbons (Fsp3) is 0.500. The number of quaternary nitrogens is 1. The predicted molar refractivity (Wildman–Crippen MR) is 130 cm³/mol. The summed E-state index contributed by atoms with van der Waals surface area (Å²) < 4.78 is 1.36. The summed E-state index contributed by atoms with van der Waals surface area (Å²) in [6.07, 6.45) is 5.21. The summed E-state index contributed by atoms with van der Waals surface area (Å²) in [4.78, 5) is 12.8. The fourth-order valence-corrected chi connectivity index (χ4v) is 4.98. The maximum Gasteiger partial charge on any atom is 0.314 e. The van der Waals surface area contributed by atoms with E-state index in [1.165, 1.54) is 11.1 Å². The molecule has 1 aliphatic carbocycles. The van der Waals surface area contributed by atoms with E-state index in [1.807, 2.05) is 21.1 Å². The molecule has 0 aromatic heterocycles. The van der Waals surface area contributed by atoms with Crippen molar-refractivity contribution in [1.29, 1.82) is 0 Å². The van der Waals surface area contributed by atoms with E-state index < -0.39 is 0 Å². The topological polar surface area (TPSA) is 49.3 Å². The Morgan fingerprint density at radius 2 is 1.71 bits per heavy atom. The molecule has 1 atom stereocenters. The Hall–Kier alpha value is -1.53. The molecule has 2 aromatic carbocycles. The highest BCUT2D eigenvalue weighted by Crippen LogP contribution is 2.44. The van der Waals surface area contributed by atoms with E-state index in [0.717, 1.165) is 30.2 Å². The molecule has 0 radical (unpaired) electrons. The monoisotopic (exact) mass is 487 g/mol. The lowest BCUT2D eigenvalue weighted by Gasteiger charge is -2.44. The van der Waals surface area contributed by atoms with Gasteiger partial charge in [0.05, 0.1) is 27.6 Å². The van der Waals surface area contributed by atoms with Gasteiger partial charge in [-0.15, -0.1) is 0 Å². The number of nitrogens with zero attached hydrogens (tertiary/aromatic N) is 1. The molecule has 0 spiro atoms. The van der Waals surface area contributed by atoms with Crippen LogP contribution in [0.2, 0.25) is 0 Å². The van der Waals surface area contributed by atoms with Gasteiger partial charge in [-0.25, -0.2) is 4.79 Å². The molecule has 1 saturated carbocycles. The average molecular weight is 488 g/mol. The third-order valence-corrected chi connectivity index (χ3v) is 7.16. The van der Waals surface area contributed by atoms with E-state index in [1.54, 1.807) is 0 Å². The minimum absolute atomic E-state index is 0.0493. The number of nitrogens with one attached hydrogen (secondary N) is 1.